The molecule has 1 N–H and O–H groups in total. The first-order chi connectivity index (χ1) is 9.49. The molecule has 1 saturated heterocycles. The zero-order chi connectivity index (χ0) is 14.7. The van der Waals surface area contributed by atoms with E-state index in [1.807, 2.05) is 6.20 Å². The molecule has 1 aliphatic heterocycles. The number of hydrogen-bond donors (Lipinski definition) is 1. The van der Waals surface area contributed by atoms with Crippen LogP contribution in [0, 0.1) is 0 Å². The first-order valence-corrected chi connectivity index (χ1v) is 8.08. The van der Waals surface area contributed by atoms with Crippen molar-refractivity contribution in [3.05, 3.63) is 11.9 Å². The fraction of sp³-hybridized carbons (Fsp3) is 0.714. The van der Waals surface area contributed by atoms with Crippen molar-refractivity contribution in [3.8, 4) is 0 Å². The van der Waals surface area contributed by atoms with E-state index < -0.39 is 5.97 Å². The Balaban J connectivity index is 2.22. The van der Waals surface area contributed by atoms with Gasteiger partial charge in [-0.05, 0) is 38.9 Å². The smallest absolute Gasteiger partial charge is 0.313 e. The van der Waals surface area contributed by atoms with Crippen LogP contribution in [0.2, 0.25) is 0 Å². The number of imidazole rings is 1. The molecule has 0 amide bonds. The number of carboxylic acids is 1. The zero-order valence-corrected chi connectivity index (χ0v) is 13.2. The summed E-state index contributed by atoms with van der Waals surface area (Å²) in [4.78, 5) is 17.6. The largest absolute Gasteiger partial charge is 0.481 e. The molecule has 2 heterocycles. The summed E-state index contributed by atoms with van der Waals surface area (Å²) >= 11 is 1.33. The second kappa shape index (κ2) is 6.63. The Bertz CT molecular complexity index is 465. The SMILES string of the molecule is CC(C)c1cnc(SCC(=O)O)n1C1CCN(C)CC1. The zero-order valence-electron chi connectivity index (χ0n) is 12.4. The van der Waals surface area contributed by atoms with E-state index in [4.69, 9.17) is 5.11 Å². The minimum Gasteiger partial charge on any atom is -0.481 e. The van der Waals surface area contributed by atoms with Gasteiger partial charge in [-0.2, -0.15) is 0 Å². The molecule has 0 aromatic carbocycles. The summed E-state index contributed by atoms with van der Waals surface area (Å²) in [7, 11) is 2.15. The fourth-order valence-corrected chi connectivity index (χ4v) is 3.41. The van der Waals surface area contributed by atoms with E-state index >= 15 is 0 Å². The van der Waals surface area contributed by atoms with Gasteiger partial charge in [0.25, 0.3) is 0 Å². The van der Waals surface area contributed by atoms with E-state index in [2.05, 4.69) is 35.3 Å². The van der Waals surface area contributed by atoms with E-state index in [0.717, 1.165) is 31.1 Å². The highest BCUT2D eigenvalue weighted by Crippen LogP contribution is 2.32. The van der Waals surface area contributed by atoms with Crippen LogP contribution in [0.5, 0.6) is 0 Å². The summed E-state index contributed by atoms with van der Waals surface area (Å²) in [5.74, 6) is -0.318. The molecule has 0 atom stereocenters. The Morgan fingerprint density at radius 3 is 2.70 bits per heavy atom. The predicted molar refractivity (Wildman–Crippen MR) is 80.4 cm³/mol. The number of thioether (sulfide) groups is 1. The number of carboxylic acid groups (broad SMARTS) is 1. The van der Waals surface area contributed by atoms with E-state index in [0.29, 0.717) is 12.0 Å². The maximum atomic E-state index is 10.8. The molecule has 5 nitrogen and oxygen atoms in total. The lowest BCUT2D eigenvalue weighted by Crippen LogP contribution is -2.32. The molecule has 0 spiro atoms. The second-order valence-electron chi connectivity index (χ2n) is 5.71. The van der Waals surface area contributed by atoms with Gasteiger partial charge >= 0.3 is 5.97 Å². The molecule has 0 aliphatic carbocycles. The van der Waals surface area contributed by atoms with E-state index in [1.165, 1.54) is 17.5 Å². The lowest BCUT2D eigenvalue weighted by molar-refractivity contribution is -0.133. The van der Waals surface area contributed by atoms with Crippen molar-refractivity contribution in [2.45, 2.75) is 43.8 Å². The Morgan fingerprint density at radius 2 is 2.15 bits per heavy atom. The molecule has 112 valence electrons. The van der Waals surface area contributed by atoms with Crippen LogP contribution >= 0.6 is 11.8 Å². The highest BCUT2D eigenvalue weighted by Gasteiger charge is 2.24. The van der Waals surface area contributed by atoms with E-state index in [9.17, 15) is 4.79 Å². The average Bonchev–Trinajstić information content (AvgIpc) is 2.81. The van der Waals surface area contributed by atoms with Gasteiger partial charge in [0.05, 0.1) is 5.75 Å². The van der Waals surface area contributed by atoms with E-state index in [1.54, 1.807) is 0 Å². The fourth-order valence-electron chi connectivity index (χ4n) is 2.64. The van der Waals surface area contributed by atoms with Crippen molar-refractivity contribution in [3.63, 3.8) is 0 Å². The third-order valence-electron chi connectivity index (χ3n) is 3.76. The van der Waals surface area contributed by atoms with Gasteiger partial charge < -0.3 is 14.6 Å². The van der Waals surface area contributed by atoms with Crippen LogP contribution in [0.4, 0.5) is 0 Å². The van der Waals surface area contributed by atoms with Gasteiger partial charge in [-0.3, -0.25) is 4.79 Å². The number of hydrogen-bond acceptors (Lipinski definition) is 4. The molecule has 1 aromatic heterocycles. The minimum atomic E-state index is -0.793. The monoisotopic (exact) mass is 297 g/mol. The third-order valence-corrected chi connectivity index (χ3v) is 4.71. The Morgan fingerprint density at radius 1 is 1.50 bits per heavy atom. The van der Waals surface area contributed by atoms with Crippen LogP contribution in [-0.2, 0) is 4.79 Å². The number of aromatic nitrogens is 2. The Hall–Kier alpha value is -1.01. The summed E-state index contributed by atoms with van der Waals surface area (Å²) in [5.41, 5.74) is 1.22. The van der Waals surface area contributed by atoms with Crippen LogP contribution in [0.1, 0.15) is 44.3 Å². The van der Waals surface area contributed by atoms with Crippen molar-refractivity contribution in [2.75, 3.05) is 25.9 Å². The molecular weight excluding hydrogens is 274 g/mol. The van der Waals surface area contributed by atoms with Gasteiger partial charge in [-0.15, -0.1) is 0 Å². The maximum absolute atomic E-state index is 10.8. The standard InChI is InChI=1S/C14H23N3O2S/c1-10(2)12-8-15-14(20-9-13(18)19)17(12)11-4-6-16(3)7-5-11/h8,10-11H,4-7,9H2,1-3H3,(H,18,19). The highest BCUT2D eigenvalue weighted by molar-refractivity contribution is 7.99. The number of likely N-dealkylation sites (tertiary alicyclic amines) is 1. The number of carbonyl (C=O) groups is 1. The maximum Gasteiger partial charge on any atom is 0.313 e. The van der Waals surface area contributed by atoms with Gasteiger partial charge in [0.2, 0.25) is 0 Å². The molecule has 0 bridgehead atoms. The number of rotatable bonds is 5. The van der Waals surface area contributed by atoms with Gasteiger partial charge in [0.1, 0.15) is 0 Å². The molecule has 2 rings (SSSR count). The number of aliphatic carboxylic acids is 1. The van der Waals surface area contributed by atoms with Gasteiger partial charge in [-0.1, -0.05) is 25.6 Å². The molecule has 6 heteroatoms. The second-order valence-corrected chi connectivity index (χ2v) is 6.65. The summed E-state index contributed by atoms with van der Waals surface area (Å²) in [6, 6.07) is 0.447. The molecule has 1 fully saturated rings. The van der Waals surface area contributed by atoms with Crippen molar-refractivity contribution < 1.29 is 9.90 Å². The highest BCUT2D eigenvalue weighted by atomic mass is 32.2. The van der Waals surface area contributed by atoms with Gasteiger partial charge in [0, 0.05) is 17.9 Å². The molecule has 20 heavy (non-hydrogen) atoms. The first-order valence-electron chi connectivity index (χ1n) is 7.09. The molecule has 1 aromatic rings. The van der Waals surface area contributed by atoms with E-state index in [-0.39, 0.29) is 5.75 Å². The molecule has 0 saturated carbocycles. The first kappa shape index (κ1) is 15.4. The molecule has 0 radical (unpaired) electrons. The van der Waals surface area contributed by atoms with Crippen LogP contribution in [0.25, 0.3) is 0 Å². The summed E-state index contributed by atoms with van der Waals surface area (Å²) in [6.45, 7) is 6.50. The third kappa shape index (κ3) is 3.55. The minimum absolute atomic E-state index is 0.0706. The van der Waals surface area contributed by atoms with Crippen LogP contribution in [0.3, 0.4) is 0 Å². The van der Waals surface area contributed by atoms with Crippen LogP contribution in [-0.4, -0.2) is 51.4 Å². The predicted octanol–water partition coefficient (Wildman–Crippen LogP) is 2.45. The summed E-state index contributed by atoms with van der Waals surface area (Å²) in [5, 5.41) is 9.71. The molecular formula is C14H23N3O2S. The van der Waals surface area contributed by atoms with Crippen LogP contribution < -0.4 is 0 Å². The number of nitrogens with zero attached hydrogens (tertiary/aromatic N) is 3. The average molecular weight is 297 g/mol. The quantitative estimate of drug-likeness (QED) is 0.846. The number of piperidine rings is 1. The van der Waals surface area contributed by atoms with Crippen LogP contribution in [0.15, 0.2) is 11.4 Å². The molecule has 0 unspecified atom stereocenters. The van der Waals surface area contributed by atoms with Crippen molar-refractivity contribution in [1.29, 1.82) is 0 Å². The lowest BCUT2D eigenvalue weighted by atomic mass is 10.0. The molecule has 1 aliphatic rings. The van der Waals surface area contributed by atoms with Gasteiger partial charge in [0.15, 0.2) is 5.16 Å². The Kier molecular flexibility index (Phi) is 5.10. The lowest BCUT2D eigenvalue weighted by Gasteiger charge is -2.32. The van der Waals surface area contributed by atoms with Crippen molar-refractivity contribution >= 4 is 17.7 Å². The summed E-state index contributed by atoms with van der Waals surface area (Å²) in [6.07, 6.45) is 4.12. The topological polar surface area (TPSA) is 58.4 Å². The summed E-state index contributed by atoms with van der Waals surface area (Å²) < 4.78 is 2.28. The Labute approximate surface area is 124 Å². The van der Waals surface area contributed by atoms with Gasteiger partial charge in [-0.25, -0.2) is 4.98 Å². The van der Waals surface area contributed by atoms with Crippen molar-refractivity contribution in [2.24, 2.45) is 0 Å². The normalized spacial score (nSPS) is 17.8. The van der Waals surface area contributed by atoms with Crippen molar-refractivity contribution in [1.82, 2.24) is 14.5 Å².